The zero-order valence-electron chi connectivity index (χ0n) is 19.0. The number of nitrogens with zero attached hydrogens (tertiary/aromatic N) is 3. The van der Waals surface area contributed by atoms with Crippen molar-refractivity contribution in [2.45, 2.75) is 62.9 Å². The van der Waals surface area contributed by atoms with Crippen molar-refractivity contribution in [2.24, 2.45) is 0 Å². The molecule has 1 aromatic heterocycles. The van der Waals surface area contributed by atoms with Crippen molar-refractivity contribution in [1.82, 2.24) is 15.1 Å². The summed E-state index contributed by atoms with van der Waals surface area (Å²) in [6, 6.07) is 12.5. The van der Waals surface area contributed by atoms with Crippen LogP contribution in [0.3, 0.4) is 0 Å². The molecule has 0 N–H and O–H groups in total. The molecule has 0 aliphatic heterocycles. The van der Waals surface area contributed by atoms with Crippen LogP contribution in [0.1, 0.15) is 56.6 Å². The summed E-state index contributed by atoms with van der Waals surface area (Å²) in [4.78, 5) is 15.1. The highest BCUT2D eigenvalue weighted by molar-refractivity contribution is 7.99. The van der Waals surface area contributed by atoms with E-state index in [1.807, 2.05) is 4.90 Å². The lowest BCUT2D eigenvalue weighted by Gasteiger charge is -2.34. The number of carbonyl (C=O) groups is 1. The maximum atomic E-state index is 13.8. The summed E-state index contributed by atoms with van der Waals surface area (Å²) >= 11 is 1.16. The van der Waals surface area contributed by atoms with Crippen LogP contribution in [0.15, 0.2) is 58.2 Å². The number of aromatic nitrogens is 2. The number of rotatable bonds is 9. The summed E-state index contributed by atoms with van der Waals surface area (Å²) in [5.41, 5.74) is 0.893. The zero-order valence-corrected chi connectivity index (χ0v) is 19.8. The summed E-state index contributed by atoms with van der Waals surface area (Å²) in [6.45, 7) is 2.12. The van der Waals surface area contributed by atoms with Crippen molar-refractivity contribution >= 4 is 17.7 Å². The van der Waals surface area contributed by atoms with Gasteiger partial charge in [-0.2, -0.15) is 0 Å². The van der Waals surface area contributed by atoms with Crippen molar-refractivity contribution in [3.8, 4) is 5.75 Å². The number of ether oxygens (including phenoxy) is 1. The smallest absolute Gasteiger partial charge is 0.277 e. The molecule has 1 amide bonds. The molecule has 6 nitrogen and oxygen atoms in total. The molecule has 0 radical (unpaired) electrons. The molecule has 0 unspecified atom stereocenters. The minimum absolute atomic E-state index is 0.0309. The van der Waals surface area contributed by atoms with E-state index in [-0.39, 0.29) is 40.4 Å². The maximum absolute atomic E-state index is 13.8. The van der Waals surface area contributed by atoms with Crippen LogP contribution >= 0.6 is 11.8 Å². The Balaban J connectivity index is 1.37. The van der Waals surface area contributed by atoms with E-state index >= 15 is 0 Å². The lowest BCUT2D eigenvalue weighted by Crippen LogP contribution is -2.41. The SMILES string of the molecule is C[C@@H](Oc1ccccc1F)c1nnc(SCC(=O)N(Cc2ccc(F)cc2)C2CCCCC2)o1. The average Bonchev–Trinajstić information content (AvgIpc) is 3.33. The molecule has 2 aromatic carbocycles. The summed E-state index contributed by atoms with van der Waals surface area (Å²) in [6.07, 6.45) is 4.66. The number of amides is 1. The Kier molecular flexibility index (Phi) is 8.16. The van der Waals surface area contributed by atoms with Gasteiger partial charge in [0.25, 0.3) is 11.1 Å². The Bertz CT molecular complexity index is 1090. The molecule has 34 heavy (non-hydrogen) atoms. The lowest BCUT2D eigenvalue weighted by molar-refractivity contribution is -0.132. The van der Waals surface area contributed by atoms with Crippen LogP contribution in [0.4, 0.5) is 8.78 Å². The first-order chi connectivity index (χ1) is 16.5. The number of carbonyl (C=O) groups excluding carboxylic acids is 1. The van der Waals surface area contributed by atoms with E-state index in [1.54, 1.807) is 31.2 Å². The van der Waals surface area contributed by atoms with Gasteiger partial charge >= 0.3 is 0 Å². The quantitative estimate of drug-likeness (QED) is 0.348. The third-order valence-corrected chi connectivity index (χ3v) is 6.63. The largest absolute Gasteiger partial charge is 0.478 e. The molecule has 1 aliphatic rings. The fourth-order valence-electron chi connectivity index (χ4n) is 4.03. The number of para-hydroxylation sites is 1. The number of hydrogen-bond donors (Lipinski definition) is 0. The molecule has 180 valence electrons. The van der Waals surface area contributed by atoms with Crippen LogP contribution in [-0.2, 0) is 11.3 Å². The third-order valence-electron chi connectivity index (χ3n) is 5.83. The van der Waals surface area contributed by atoms with Crippen LogP contribution in [0.25, 0.3) is 0 Å². The number of hydrogen-bond acceptors (Lipinski definition) is 6. The van der Waals surface area contributed by atoms with E-state index in [0.29, 0.717) is 6.54 Å². The summed E-state index contributed by atoms with van der Waals surface area (Å²) in [5, 5.41) is 8.23. The average molecular weight is 488 g/mol. The van der Waals surface area contributed by atoms with Crippen molar-refractivity contribution in [1.29, 1.82) is 0 Å². The first kappa shape index (κ1) is 24.2. The van der Waals surface area contributed by atoms with Gasteiger partial charge in [0.05, 0.1) is 5.75 Å². The minimum Gasteiger partial charge on any atom is -0.478 e. The fraction of sp³-hybridized carbons (Fsp3) is 0.400. The van der Waals surface area contributed by atoms with E-state index in [4.69, 9.17) is 9.15 Å². The van der Waals surface area contributed by atoms with Gasteiger partial charge in [-0.05, 0) is 49.6 Å². The molecule has 0 bridgehead atoms. The van der Waals surface area contributed by atoms with Gasteiger partial charge in [-0.25, -0.2) is 8.78 Å². The number of halogens is 2. The molecule has 4 rings (SSSR count). The van der Waals surface area contributed by atoms with Crippen LogP contribution in [-0.4, -0.2) is 32.8 Å². The van der Waals surface area contributed by atoms with Gasteiger partial charge in [-0.15, -0.1) is 10.2 Å². The second-order valence-electron chi connectivity index (χ2n) is 8.33. The van der Waals surface area contributed by atoms with E-state index in [2.05, 4.69) is 10.2 Å². The van der Waals surface area contributed by atoms with E-state index < -0.39 is 11.9 Å². The Morgan fingerprint density at radius 2 is 1.85 bits per heavy atom. The van der Waals surface area contributed by atoms with Crippen LogP contribution < -0.4 is 4.74 Å². The zero-order chi connectivity index (χ0) is 23.9. The Morgan fingerprint density at radius 3 is 2.59 bits per heavy atom. The first-order valence-corrected chi connectivity index (χ1v) is 12.4. The summed E-state index contributed by atoms with van der Waals surface area (Å²) in [5.74, 6) is -0.359. The van der Waals surface area contributed by atoms with Gasteiger partial charge < -0.3 is 14.1 Å². The van der Waals surface area contributed by atoms with Gasteiger partial charge in [0.2, 0.25) is 5.91 Å². The topological polar surface area (TPSA) is 68.5 Å². The van der Waals surface area contributed by atoms with E-state index in [0.717, 1.165) is 43.0 Å². The van der Waals surface area contributed by atoms with Gasteiger partial charge in [-0.3, -0.25) is 4.79 Å². The predicted octanol–water partition coefficient (Wildman–Crippen LogP) is 5.94. The van der Waals surface area contributed by atoms with Crippen molar-refractivity contribution < 1.29 is 22.7 Å². The highest BCUT2D eigenvalue weighted by Crippen LogP contribution is 2.28. The van der Waals surface area contributed by atoms with Crippen LogP contribution in [0.2, 0.25) is 0 Å². The normalized spacial score (nSPS) is 15.1. The molecule has 1 saturated carbocycles. The van der Waals surface area contributed by atoms with E-state index in [1.165, 1.54) is 30.7 Å². The van der Waals surface area contributed by atoms with Gasteiger partial charge in [0.1, 0.15) is 5.82 Å². The van der Waals surface area contributed by atoms with Gasteiger partial charge in [0, 0.05) is 12.6 Å². The van der Waals surface area contributed by atoms with Crippen molar-refractivity contribution in [3.05, 3.63) is 71.6 Å². The summed E-state index contributed by atoms with van der Waals surface area (Å²) < 4.78 is 38.4. The Labute approximate surface area is 201 Å². The second kappa shape index (κ2) is 11.5. The third kappa shape index (κ3) is 6.34. The Morgan fingerprint density at radius 1 is 1.12 bits per heavy atom. The monoisotopic (exact) mass is 487 g/mol. The lowest BCUT2D eigenvalue weighted by atomic mass is 9.94. The highest BCUT2D eigenvalue weighted by atomic mass is 32.2. The molecule has 9 heteroatoms. The minimum atomic E-state index is -0.647. The predicted molar refractivity (Wildman–Crippen MR) is 124 cm³/mol. The van der Waals surface area contributed by atoms with Crippen molar-refractivity contribution in [2.75, 3.05) is 5.75 Å². The van der Waals surface area contributed by atoms with Crippen LogP contribution in [0.5, 0.6) is 5.75 Å². The molecule has 3 aromatic rings. The van der Waals surface area contributed by atoms with Gasteiger partial charge in [-0.1, -0.05) is 55.3 Å². The number of thioether (sulfide) groups is 1. The fourth-order valence-corrected chi connectivity index (χ4v) is 4.69. The molecule has 1 atom stereocenters. The molecule has 0 spiro atoms. The first-order valence-electron chi connectivity index (χ1n) is 11.4. The number of benzene rings is 2. The summed E-state index contributed by atoms with van der Waals surface area (Å²) in [7, 11) is 0. The molecule has 1 fully saturated rings. The second-order valence-corrected chi connectivity index (χ2v) is 9.25. The molecular formula is C25H27F2N3O3S. The van der Waals surface area contributed by atoms with Gasteiger partial charge in [0.15, 0.2) is 17.7 Å². The Hall–Kier alpha value is -2.94. The van der Waals surface area contributed by atoms with Crippen molar-refractivity contribution in [3.63, 3.8) is 0 Å². The van der Waals surface area contributed by atoms with E-state index in [9.17, 15) is 13.6 Å². The molecular weight excluding hydrogens is 460 g/mol. The molecule has 0 saturated heterocycles. The maximum Gasteiger partial charge on any atom is 0.277 e. The molecule has 1 aliphatic carbocycles. The molecule has 1 heterocycles. The highest BCUT2D eigenvalue weighted by Gasteiger charge is 2.26. The van der Waals surface area contributed by atoms with Crippen LogP contribution in [0, 0.1) is 11.6 Å². The standard InChI is InChI=1S/C25H27F2N3O3S/c1-17(32-22-10-6-5-9-21(22)27)24-28-29-25(33-24)34-16-23(31)30(20-7-3-2-4-8-20)15-18-11-13-19(26)14-12-18/h5-6,9-14,17,20H,2-4,7-8,15-16H2,1H3/t17-/m1/s1.